The molecule has 2 N–H and O–H groups in total. The molecule has 2 heterocycles. The summed E-state index contributed by atoms with van der Waals surface area (Å²) in [5.74, 6) is -0.515. The molecular formula is C23H23FN6O4. The van der Waals surface area contributed by atoms with Crippen LogP contribution in [0.3, 0.4) is 0 Å². The van der Waals surface area contributed by atoms with Crippen molar-refractivity contribution in [1.82, 2.24) is 20.0 Å². The molecule has 1 fully saturated rings. The van der Waals surface area contributed by atoms with Gasteiger partial charge in [-0.3, -0.25) is 14.9 Å². The molecule has 10 nitrogen and oxygen atoms in total. The number of amides is 3. The van der Waals surface area contributed by atoms with E-state index in [-0.39, 0.29) is 17.5 Å². The van der Waals surface area contributed by atoms with Crippen LogP contribution in [0, 0.1) is 21.8 Å². The molecule has 0 aliphatic carbocycles. The van der Waals surface area contributed by atoms with Gasteiger partial charge in [-0.05, 0) is 49.1 Å². The molecule has 34 heavy (non-hydrogen) atoms. The first-order chi connectivity index (χ1) is 16.4. The highest BCUT2D eigenvalue weighted by Gasteiger charge is 2.25. The topological polar surface area (TPSA) is 122 Å². The summed E-state index contributed by atoms with van der Waals surface area (Å²) in [5.41, 5.74) is 1.36. The van der Waals surface area contributed by atoms with E-state index in [1.165, 1.54) is 41.2 Å². The number of hydrogen-bond acceptors (Lipinski definition) is 5. The smallest absolute Gasteiger partial charge is 0.319 e. The zero-order valence-corrected chi connectivity index (χ0v) is 18.2. The molecule has 3 aromatic rings. The second kappa shape index (κ2) is 10.1. The lowest BCUT2D eigenvalue weighted by Gasteiger charge is -2.32. The summed E-state index contributed by atoms with van der Waals surface area (Å²) in [4.78, 5) is 37.2. The van der Waals surface area contributed by atoms with Gasteiger partial charge in [0.15, 0.2) is 0 Å². The third-order valence-corrected chi connectivity index (χ3v) is 5.59. The normalized spacial score (nSPS) is 15.6. The molecular weight excluding hydrogens is 443 g/mol. The number of nitro benzene ring substituents is 1. The molecule has 1 aliphatic heterocycles. The average molecular weight is 466 g/mol. The minimum absolute atomic E-state index is 0.0233. The number of piperidine rings is 1. The Balaban J connectivity index is 1.32. The second-order valence-corrected chi connectivity index (χ2v) is 8.05. The lowest BCUT2D eigenvalue weighted by atomic mass is 9.97. The number of carbonyl (C=O) groups is 2. The molecule has 1 atom stereocenters. The number of nitro groups is 1. The first kappa shape index (κ1) is 22.9. The van der Waals surface area contributed by atoms with Gasteiger partial charge in [0, 0.05) is 43.7 Å². The van der Waals surface area contributed by atoms with Gasteiger partial charge in [-0.1, -0.05) is 6.07 Å². The van der Waals surface area contributed by atoms with Gasteiger partial charge >= 0.3 is 6.03 Å². The summed E-state index contributed by atoms with van der Waals surface area (Å²) in [6.45, 7) is 1.47. The van der Waals surface area contributed by atoms with E-state index in [0.717, 1.165) is 12.8 Å². The van der Waals surface area contributed by atoms with Crippen LogP contribution in [0.25, 0.3) is 5.69 Å². The number of anilines is 1. The molecule has 176 valence electrons. The van der Waals surface area contributed by atoms with E-state index in [4.69, 9.17) is 0 Å². The van der Waals surface area contributed by atoms with Gasteiger partial charge in [0.25, 0.3) is 11.6 Å². The van der Waals surface area contributed by atoms with Crippen LogP contribution >= 0.6 is 0 Å². The second-order valence-electron chi connectivity index (χ2n) is 8.05. The maximum Gasteiger partial charge on any atom is 0.319 e. The van der Waals surface area contributed by atoms with Crippen LogP contribution in [0.4, 0.5) is 20.6 Å². The minimum Gasteiger partial charge on any atom is -0.338 e. The van der Waals surface area contributed by atoms with Crippen LogP contribution in [0.2, 0.25) is 0 Å². The fourth-order valence-electron chi connectivity index (χ4n) is 3.88. The SMILES string of the molecule is O=C(NCC1CCCN(C(=O)c2cnn(-c3ccc([N+](=O)[O-])cc3)c2)C1)Nc1cccc(F)c1. The Morgan fingerprint density at radius 1 is 1.21 bits per heavy atom. The molecule has 2 aromatic carbocycles. The first-order valence-corrected chi connectivity index (χ1v) is 10.8. The van der Waals surface area contributed by atoms with Crippen molar-refractivity contribution in [1.29, 1.82) is 0 Å². The molecule has 1 aliphatic rings. The Morgan fingerprint density at radius 2 is 2.00 bits per heavy atom. The van der Waals surface area contributed by atoms with Gasteiger partial charge in [0.2, 0.25) is 0 Å². The largest absolute Gasteiger partial charge is 0.338 e. The van der Waals surface area contributed by atoms with Crippen molar-refractivity contribution in [2.24, 2.45) is 5.92 Å². The summed E-state index contributed by atoms with van der Waals surface area (Å²) in [6.07, 6.45) is 4.74. The van der Waals surface area contributed by atoms with Crippen LogP contribution in [-0.4, -0.2) is 51.2 Å². The van der Waals surface area contributed by atoms with Crippen molar-refractivity contribution in [3.05, 3.63) is 82.4 Å². The molecule has 0 saturated carbocycles. The van der Waals surface area contributed by atoms with Gasteiger partial charge in [-0.2, -0.15) is 5.10 Å². The van der Waals surface area contributed by atoms with Crippen molar-refractivity contribution in [3.63, 3.8) is 0 Å². The number of nitrogens with one attached hydrogen (secondary N) is 2. The van der Waals surface area contributed by atoms with Crippen molar-refractivity contribution in [2.75, 3.05) is 25.0 Å². The molecule has 1 saturated heterocycles. The number of aromatic nitrogens is 2. The summed E-state index contributed by atoms with van der Waals surface area (Å²) in [6, 6.07) is 11.1. The number of urea groups is 1. The van der Waals surface area contributed by atoms with E-state index < -0.39 is 16.8 Å². The number of non-ortho nitro benzene ring substituents is 1. The highest BCUT2D eigenvalue weighted by molar-refractivity contribution is 5.94. The van der Waals surface area contributed by atoms with E-state index in [0.29, 0.717) is 36.6 Å². The Bertz CT molecular complexity index is 1200. The van der Waals surface area contributed by atoms with Crippen LogP contribution in [0.5, 0.6) is 0 Å². The van der Waals surface area contributed by atoms with Gasteiger partial charge in [-0.15, -0.1) is 0 Å². The van der Waals surface area contributed by atoms with Crippen LogP contribution in [0.1, 0.15) is 23.2 Å². The van der Waals surface area contributed by atoms with Crippen molar-refractivity contribution in [2.45, 2.75) is 12.8 Å². The zero-order chi connectivity index (χ0) is 24.1. The van der Waals surface area contributed by atoms with Crippen LogP contribution in [-0.2, 0) is 0 Å². The lowest BCUT2D eigenvalue weighted by Crippen LogP contribution is -2.44. The van der Waals surface area contributed by atoms with Crippen molar-refractivity contribution in [3.8, 4) is 5.69 Å². The van der Waals surface area contributed by atoms with E-state index >= 15 is 0 Å². The monoisotopic (exact) mass is 466 g/mol. The van der Waals surface area contributed by atoms with E-state index in [1.54, 1.807) is 29.3 Å². The van der Waals surface area contributed by atoms with Crippen molar-refractivity contribution < 1.29 is 18.9 Å². The van der Waals surface area contributed by atoms with Gasteiger partial charge in [0.1, 0.15) is 5.82 Å². The maximum absolute atomic E-state index is 13.3. The zero-order valence-electron chi connectivity index (χ0n) is 18.2. The lowest BCUT2D eigenvalue weighted by molar-refractivity contribution is -0.384. The van der Waals surface area contributed by atoms with E-state index in [2.05, 4.69) is 15.7 Å². The molecule has 3 amide bonds. The van der Waals surface area contributed by atoms with E-state index in [1.807, 2.05) is 0 Å². The first-order valence-electron chi connectivity index (χ1n) is 10.8. The van der Waals surface area contributed by atoms with Gasteiger partial charge in [-0.25, -0.2) is 13.9 Å². The Labute approximate surface area is 194 Å². The Kier molecular flexibility index (Phi) is 6.81. The third kappa shape index (κ3) is 5.55. The number of hydrogen-bond donors (Lipinski definition) is 2. The van der Waals surface area contributed by atoms with E-state index in [9.17, 15) is 24.1 Å². The average Bonchev–Trinajstić information content (AvgIpc) is 3.33. The van der Waals surface area contributed by atoms with Crippen LogP contribution in [0.15, 0.2) is 60.9 Å². The highest BCUT2D eigenvalue weighted by atomic mass is 19.1. The fourth-order valence-corrected chi connectivity index (χ4v) is 3.88. The molecule has 1 aromatic heterocycles. The number of likely N-dealkylation sites (tertiary alicyclic amines) is 1. The third-order valence-electron chi connectivity index (χ3n) is 5.59. The maximum atomic E-state index is 13.3. The summed E-state index contributed by atoms with van der Waals surface area (Å²) in [5, 5.41) is 20.4. The van der Waals surface area contributed by atoms with Crippen LogP contribution < -0.4 is 10.6 Å². The summed E-state index contributed by atoms with van der Waals surface area (Å²) < 4.78 is 14.8. The van der Waals surface area contributed by atoms with Crippen molar-refractivity contribution >= 4 is 23.3 Å². The predicted molar refractivity (Wildman–Crippen MR) is 122 cm³/mol. The molecule has 0 radical (unpaired) electrons. The molecule has 0 bridgehead atoms. The van der Waals surface area contributed by atoms with Gasteiger partial charge in [0.05, 0.1) is 22.4 Å². The molecule has 0 spiro atoms. The Morgan fingerprint density at radius 3 is 2.74 bits per heavy atom. The molecule has 11 heteroatoms. The predicted octanol–water partition coefficient (Wildman–Crippen LogP) is 3.59. The molecule has 4 rings (SSSR count). The fraction of sp³-hybridized carbons (Fsp3) is 0.261. The standard InChI is InChI=1S/C23H23FN6O4/c24-18-4-1-5-19(11-18)27-23(32)25-12-16-3-2-10-28(14-16)22(31)17-13-26-29(15-17)20-6-8-21(9-7-20)30(33)34/h1,4-9,11,13,15-16H,2-3,10,12,14H2,(H2,25,27,32). The number of halogens is 1. The number of benzene rings is 2. The summed E-state index contributed by atoms with van der Waals surface area (Å²) >= 11 is 0. The van der Waals surface area contributed by atoms with Gasteiger partial charge < -0.3 is 15.5 Å². The number of rotatable bonds is 6. The highest BCUT2D eigenvalue weighted by Crippen LogP contribution is 2.20. The quantitative estimate of drug-likeness (QED) is 0.425. The number of nitrogens with zero attached hydrogens (tertiary/aromatic N) is 4. The molecule has 1 unspecified atom stereocenters. The number of carbonyl (C=O) groups excluding carboxylic acids is 2. The Hall–Kier alpha value is -4.28. The minimum atomic E-state index is -0.478. The summed E-state index contributed by atoms with van der Waals surface area (Å²) in [7, 11) is 0.